The van der Waals surface area contributed by atoms with Crippen LogP contribution in [0.15, 0.2) is 208 Å². The maximum Gasteiger partial charge on any atom is 0.227 e. The number of pyridine rings is 1. The number of furan rings is 1. The summed E-state index contributed by atoms with van der Waals surface area (Å²) >= 11 is 0. The van der Waals surface area contributed by atoms with Crippen LogP contribution in [-0.4, -0.2) is 21.1 Å². The highest BCUT2D eigenvalue weighted by Gasteiger charge is 2.46. The van der Waals surface area contributed by atoms with E-state index < -0.39 is 16.1 Å². The second-order valence-electron chi connectivity index (χ2n) is 14.1. The van der Waals surface area contributed by atoms with Crippen LogP contribution in [0.2, 0.25) is 0 Å². The minimum Gasteiger partial charge on any atom is -0.438 e. The van der Waals surface area contributed by atoms with Crippen LogP contribution >= 0.6 is 0 Å². The maximum absolute atomic E-state index is 6.57. The van der Waals surface area contributed by atoms with Crippen molar-refractivity contribution in [3.8, 4) is 0 Å². The third-order valence-corrected chi connectivity index (χ3v) is 21.2. The molecule has 0 amide bonds. The van der Waals surface area contributed by atoms with Gasteiger partial charge in [-0.05, 0) is 67.7 Å². The fraction of sp³-hybridized carbons (Fsp3) is 0.0851. The smallest absolute Gasteiger partial charge is 0.227 e. The Labute approximate surface area is 300 Å². The standard InChI is InChI=1S/C47H37NOSi2/c1-5-15-36(16-6-1)50(37-17-7-2-8-18-37)40-26-24-34-14-13-23-41(30-35(34)25-27-40)51(38-19-9-3-10-20-38,39-21-11-4-12-22-39)43-32-45-44-31-42(50)28-29-46(44)49-47(45)48-33-43/h1,3-7,9-29,31-34H,2,8,30H2. The van der Waals surface area contributed by atoms with E-state index in [2.05, 4.69) is 182 Å². The molecule has 0 radical (unpaired) electrons. The summed E-state index contributed by atoms with van der Waals surface area (Å²) in [4.78, 5) is 5.16. The van der Waals surface area contributed by atoms with E-state index in [-0.39, 0.29) is 5.92 Å². The van der Waals surface area contributed by atoms with E-state index in [0.29, 0.717) is 5.71 Å². The van der Waals surface area contributed by atoms with Crippen LogP contribution in [0.3, 0.4) is 0 Å². The summed E-state index contributed by atoms with van der Waals surface area (Å²) in [6.07, 6.45) is 29.5. The average molecular weight is 688 g/mol. The third-order valence-electron chi connectivity index (χ3n) is 11.6. The fourth-order valence-corrected chi connectivity index (χ4v) is 19.1. The minimum absolute atomic E-state index is 0.204. The van der Waals surface area contributed by atoms with Crippen LogP contribution in [0.1, 0.15) is 19.3 Å². The summed E-state index contributed by atoms with van der Waals surface area (Å²) in [6, 6.07) is 43.2. The molecule has 0 N–H and O–H groups in total. The molecular formula is C47H37NOSi2. The van der Waals surface area contributed by atoms with Crippen molar-refractivity contribution in [1.82, 2.24) is 4.98 Å². The van der Waals surface area contributed by atoms with Gasteiger partial charge in [-0.25, -0.2) is 4.98 Å². The monoisotopic (exact) mass is 687 g/mol. The van der Waals surface area contributed by atoms with Gasteiger partial charge in [-0.15, -0.1) is 0 Å². The predicted molar refractivity (Wildman–Crippen MR) is 218 cm³/mol. The van der Waals surface area contributed by atoms with Gasteiger partial charge in [0.2, 0.25) is 5.71 Å². The molecule has 3 aliphatic carbocycles. The van der Waals surface area contributed by atoms with Crippen molar-refractivity contribution < 1.29 is 4.42 Å². The minimum atomic E-state index is -2.83. The Balaban J connectivity index is 1.38. The molecule has 0 spiro atoms. The summed E-state index contributed by atoms with van der Waals surface area (Å²) in [6.45, 7) is 0. The maximum atomic E-state index is 6.57. The highest BCUT2D eigenvalue weighted by atomic mass is 28.3. The number of hydrogen-bond donors (Lipinski definition) is 0. The molecule has 4 aliphatic rings. The number of hydrogen-bond acceptors (Lipinski definition) is 2. The van der Waals surface area contributed by atoms with Gasteiger partial charge < -0.3 is 4.42 Å². The summed E-state index contributed by atoms with van der Waals surface area (Å²) in [5, 5.41) is 13.3. The van der Waals surface area contributed by atoms with Crippen molar-refractivity contribution in [2.75, 3.05) is 0 Å². The quantitative estimate of drug-likeness (QED) is 0.177. The van der Waals surface area contributed by atoms with E-state index in [0.717, 1.165) is 35.6 Å². The topological polar surface area (TPSA) is 26.0 Å². The molecular weight excluding hydrogens is 651 g/mol. The van der Waals surface area contributed by atoms with Crippen LogP contribution in [0.25, 0.3) is 22.1 Å². The lowest BCUT2D eigenvalue weighted by atomic mass is 9.97. The fourth-order valence-electron chi connectivity index (χ4n) is 9.25. The van der Waals surface area contributed by atoms with Crippen LogP contribution in [0.5, 0.6) is 0 Å². The van der Waals surface area contributed by atoms with Gasteiger partial charge in [0.15, 0.2) is 16.1 Å². The number of allylic oxidation sites excluding steroid dienone is 14. The molecule has 0 saturated heterocycles. The SMILES string of the molecule is C1=CC2C=CC3=CC=C2CC(=C1)[Si](c1ccccc1)(c1ccccc1)c1cnc2oc4ccc(cc4c2c1)[Si]3(C1=CCCC=C1)c1ccccc1. The van der Waals surface area contributed by atoms with Gasteiger partial charge in [0.1, 0.15) is 5.58 Å². The number of fused-ring (bicyclic) bond motifs is 4. The lowest BCUT2D eigenvalue weighted by Gasteiger charge is -2.37. The van der Waals surface area contributed by atoms with E-state index in [1.807, 2.05) is 0 Å². The van der Waals surface area contributed by atoms with Crippen LogP contribution in [0, 0.1) is 5.92 Å². The molecule has 0 fully saturated rings. The van der Waals surface area contributed by atoms with Crippen LogP contribution in [0.4, 0.5) is 0 Å². The average Bonchev–Trinajstić information content (AvgIpc) is 3.28. The van der Waals surface area contributed by atoms with Gasteiger partial charge in [0, 0.05) is 22.9 Å². The zero-order chi connectivity index (χ0) is 33.8. The van der Waals surface area contributed by atoms with E-state index in [1.54, 1.807) is 0 Å². The highest BCUT2D eigenvalue weighted by Crippen LogP contribution is 2.38. The highest BCUT2D eigenvalue weighted by molar-refractivity contribution is 7.16. The Morgan fingerprint density at radius 3 is 2.00 bits per heavy atom. The summed E-state index contributed by atoms with van der Waals surface area (Å²) in [5.74, 6) is 0.204. The molecule has 4 heteroatoms. The molecule has 0 saturated carbocycles. The van der Waals surface area contributed by atoms with E-state index in [4.69, 9.17) is 9.40 Å². The van der Waals surface area contributed by atoms with Gasteiger partial charge >= 0.3 is 0 Å². The largest absolute Gasteiger partial charge is 0.438 e. The Hall–Kier alpha value is -5.56. The molecule has 6 aromatic rings. The second-order valence-corrected chi connectivity index (χ2v) is 21.8. The molecule has 10 rings (SSSR count). The second kappa shape index (κ2) is 12.0. The summed E-state index contributed by atoms with van der Waals surface area (Å²) in [7, 11) is -5.58. The van der Waals surface area contributed by atoms with Crippen molar-refractivity contribution in [2.24, 2.45) is 5.92 Å². The number of rotatable bonds is 4. The van der Waals surface area contributed by atoms with Gasteiger partial charge in [0.25, 0.3) is 0 Å². The van der Waals surface area contributed by atoms with Crippen LogP contribution in [-0.2, 0) is 0 Å². The molecule has 1 aliphatic heterocycles. The molecule has 244 valence electrons. The molecule has 2 atom stereocenters. The zero-order valence-corrected chi connectivity index (χ0v) is 30.4. The van der Waals surface area contributed by atoms with Crippen molar-refractivity contribution >= 4 is 64.2 Å². The van der Waals surface area contributed by atoms with Gasteiger partial charge in [-0.1, -0.05) is 175 Å². The Morgan fingerprint density at radius 1 is 0.588 bits per heavy atom. The Kier molecular flexibility index (Phi) is 7.15. The molecule has 2 nitrogen and oxygen atoms in total. The van der Waals surface area contributed by atoms with E-state index in [1.165, 1.54) is 47.1 Å². The normalized spacial score (nSPS) is 21.8. The van der Waals surface area contributed by atoms with Gasteiger partial charge in [-0.3, -0.25) is 0 Å². The summed E-state index contributed by atoms with van der Waals surface area (Å²) in [5.41, 5.74) is 3.01. The van der Waals surface area contributed by atoms with Crippen LogP contribution < -0.4 is 25.9 Å². The molecule has 2 aromatic heterocycles. The molecule has 51 heavy (non-hydrogen) atoms. The first-order chi connectivity index (χ1) is 25.3. The zero-order valence-electron chi connectivity index (χ0n) is 28.4. The molecule has 4 aromatic carbocycles. The Morgan fingerprint density at radius 2 is 1.29 bits per heavy atom. The lowest BCUT2D eigenvalue weighted by Crippen LogP contribution is -2.68. The number of benzene rings is 4. The van der Waals surface area contributed by atoms with Crippen molar-refractivity contribution in [2.45, 2.75) is 19.3 Å². The lowest BCUT2D eigenvalue weighted by molar-refractivity contribution is 0.654. The Bertz CT molecular complexity index is 2510. The van der Waals surface area contributed by atoms with Crippen molar-refractivity contribution in [1.29, 1.82) is 0 Å². The van der Waals surface area contributed by atoms with Gasteiger partial charge in [0.05, 0.1) is 0 Å². The van der Waals surface area contributed by atoms with Gasteiger partial charge in [-0.2, -0.15) is 0 Å². The first-order valence-electron chi connectivity index (χ1n) is 18.1. The first kappa shape index (κ1) is 30.3. The van der Waals surface area contributed by atoms with E-state index >= 15 is 0 Å². The molecule has 2 unspecified atom stereocenters. The van der Waals surface area contributed by atoms with Crippen molar-refractivity contribution in [3.63, 3.8) is 0 Å². The predicted octanol–water partition coefficient (Wildman–Crippen LogP) is 7.85. The first-order valence-corrected chi connectivity index (χ1v) is 22.1. The molecule has 7 bridgehead atoms. The summed E-state index contributed by atoms with van der Waals surface area (Å²) < 4.78 is 6.57. The van der Waals surface area contributed by atoms with Crippen molar-refractivity contribution in [3.05, 3.63) is 203 Å². The number of nitrogens with zero attached hydrogens (tertiary/aromatic N) is 1. The molecule has 3 heterocycles. The third kappa shape index (κ3) is 4.56. The number of aromatic nitrogens is 1. The van der Waals surface area contributed by atoms with E-state index in [9.17, 15) is 0 Å².